The quantitative estimate of drug-likeness (QED) is 0.551. The van der Waals surface area contributed by atoms with Gasteiger partial charge in [0.1, 0.15) is 0 Å². The van der Waals surface area contributed by atoms with E-state index in [-0.39, 0.29) is 5.91 Å². The fourth-order valence-electron chi connectivity index (χ4n) is 4.63. The molecule has 1 aromatic heterocycles. The van der Waals surface area contributed by atoms with E-state index < -0.39 is 0 Å². The predicted octanol–water partition coefficient (Wildman–Crippen LogP) is 4.06. The van der Waals surface area contributed by atoms with Crippen LogP contribution < -0.4 is 9.47 Å². The van der Waals surface area contributed by atoms with E-state index in [1.54, 1.807) is 14.2 Å². The summed E-state index contributed by atoms with van der Waals surface area (Å²) in [5, 5.41) is 1.32. The largest absolute Gasteiger partial charge is 0.493 e. The molecular weight excluding hydrogens is 402 g/mol. The molecule has 0 fully saturated rings. The van der Waals surface area contributed by atoms with Gasteiger partial charge in [0.15, 0.2) is 11.5 Å². The van der Waals surface area contributed by atoms with E-state index in [9.17, 15) is 4.79 Å². The number of hydrogen-bond acceptors (Lipinski definition) is 4. The third kappa shape index (κ3) is 4.46. The Hall–Kier alpha value is -2.99. The first-order valence-corrected chi connectivity index (χ1v) is 11.3. The molecule has 0 saturated heterocycles. The highest BCUT2D eigenvalue weighted by atomic mass is 16.5. The average molecular weight is 436 g/mol. The summed E-state index contributed by atoms with van der Waals surface area (Å²) < 4.78 is 10.9. The summed E-state index contributed by atoms with van der Waals surface area (Å²) in [7, 11) is 5.41. The fourth-order valence-corrected chi connectivity index (χ4v) is 4.63. The number of aromatic amines is 1. The summed E-state index contributed by atoms with van der Waals surface area (Å²) in [6.07, 6.45) is 4.89. The Morgan fingerprint density at radius 3 is 2.75 bits per heavy atom. The van der Waals surface area contributed by atoms with Crippen LogP contribution in [0, 0.1) is 6.92 Å². The first-order chi connectivity index (χ1) is 15.5. The Bertz CT molecular complexity index is 1110. The Labute approximate surface area is 190 Å². The number of fused-ring (bicyclic) bond motifs is 2. The molecular formula is C26H33N3O3. The summed E-state index contributed by atoms with van der Waals surface area (Å²) in [5.41, 5.74) is 5.54. The molecule has 0 spiro atoms. The molecule has 0 unspecified atom stereocenters. The number of aromatic nitrogens is 1. The van der Waals surface area contributed by atoms with Gasteiger partial charge in [0, 0.05) is 47.9 Å². The van der Waals surface area contributed by atoms with Crippen LogP contribution >= 0.6 is 0 Å². The Balaban J connectivity index is 1.29. The predicted molar refractivity (Wildman–Crippen MR) is 128 cm³/mol. The number of amides is 1. The van der Waals surface area contributed by atoms with Gasteiger partial charge in [-0.15, -0.1) is 0 Å². The number of likely N-dealkylation sites (N-methyl/N-ethyl adjacent to an activating group) is 1. The maximum Gasteiger partial charge on any atom is 0.254 e. The van der Waals surface area contributed by atoms with E-state index in [1.807, 2.05) is 17.0 Å². The number of carbonyl (C=O) groups is 1. The minimum Gasteiger partial charge on any atom is -0.493 e. The van der Waals surface area contributed by atoms with Gasteiger partial charge in [0.2, 0.25) is 0 Å². The van der Waals surface area contributed by atoms with Crippen molar-refractivity contribution in [1.29, 1.82) is 0 Å². The summed E-state index contributed by atoms with van der Waals surface area (Å²) in [4.78, 5) is 20.7. The summed E-state index contributed by atoms with van der Waals surface area (Å²) in [6, 6.07) is 10.2. The zero-order chi connectivity index (χ0) is 22.7. The van der Waals surface area contributed by atoms with Crippen LogP contribution in [-0.2, 0) is 12.8 Å². The van der Waals surface area contributed by atoms with E-state index in [1.165, 1.54) is 22.0 Å². The molecule has 0 radical (unpaired) electrons. The Morgan fingerprint density at radius 2 is 1.97 bits per heavy atom. The molecule has 0 atom stereocenters. The molecule has 1 N–H and O–H groups in total. The number of nitrogens with zero attached hydrogens (tertiary/aromatic N) is 2. The molecule has 0 bridgehead atoms. The number of hydrogen-bond donors (Lipinski definition) is 1. The summed E-state index contributed by atoms with van der Waals surface area (Å²) in [6.45, 7) is 5.57. The average Bonchev–Trinajstić information content (AvgIpc) is 3.20. The van der Waals surface area contributed by atoms with Crippen LogP contribution in [0.1, 0.15) is 33.5 Å². The molecule has 6 nitrogen and oxygen atoms in total. The number of ether oxygens (including phenoxy) is 2. The van der Waals surface area contributed by atoms with E-state index in [0.717, 1.165) is 50.0 Å². The van der Waals surface area contributed by atoms with Gasteiger partial charge in [-0.05, 0) is 69.6 Å². The number of benzene rings is 2. The smallest absolute Gasteiger partial charge is 0.254 e. The number of rotatable bonds is 9. The normalized spacial score (nSPS) is 13.7. The number of carbonyl (C=O) groups excluding carboxylic acids is 1. The van der Waals surface area contributed by atoms with E-state index >= 15 is 0 Å². The molecule has 0 aliphatic carbocycles. The third-order valence-corrected chi connectivity index (χ3v) is 6.45. The molecule has 3 aromatic rings. The standard InChI is InChI=1S/C26H33N3O3/c1-18-6-8-23-22(16-18)19(17-27-23)10-14-28(2)12-5-13-29-15-11-20-21(26(29)30)7-9-24(31-3)25(20)32-4/h6-9,16-17,27H,5,10-15H2,1-4H3. The van der Waals surface area contributed by atoms with Gasteiger partial charge in [-0.25, -0.2) is 0 Å². The molecule has 2 aromatic carbocycles. The van der Waals surface area contributed by atoms with Crippen molar-refractivity contribution in [3.63, 3.8) is 0 Å². The fraction of sp³-hybridized carbons (Fsp3) is 0.423. The Morgan fingerprint density at radius 1 is 1.12 bits per heavy atom. The minimum atomic E-state index is 0.0871. The van der Waals surface area contributed by atoms with Crippen LogP contribution in [0.2, 0.25) is 0 Å². The third-order valence-electron chi connectivity index (χ3n) is 6.45. The summed E-state index contributed by atoms with van der Waals surface area (Å²) in [5.74, 6) is 1.45. The van der Waals surface area contributed by atoms with E-state index in [0.29, 0.717) is 18.0 Å². The highest BCUT2D eigenvalue weighted by Crippen LogP contribution is 2.36. The van der Waals surface area contributed by atoms with Crippen LogP contribution in [0.3, 0.4) is 0 Å². The molecule has 4 rings (SSSR count). The van der Waals surface area contributed by atoms with Gasteiger partial charge in [0.25, 0.3) is 5.91 Å². The molecule has 170 valence electrons. The van der Waals surface area contributed by atoms with E-state index in [4.69, 9.17) is 9.47 Å². The van der Waals surface area contributed by atoms with Crippen molar-refractivity contribution >= 4 is 16.8 Å². The van der Waals surface area contributed by atoms with Crippen molar-refractivity contribution in [1.82, 2.24) is 14.8 Å². The van der Waals surface area contributed by atoms with Gasteiger partial charge >= 0.3 is 0 Å². The number of nitrogens with one attached hydrogen (secondary N) is 1. The highest BCUT2D eigenvalue weighted by molar-refractivity contribution is 5.98. The second-order valence-electron chi connectivity index (χ2n) is 8.64. The molecule has 32 heavy (non-hydrogen) atoms. The van der Waals surface area contributed by atoms with Crippen molar-refractivity contribution in [3.05, 3.63) is 58.8 Å². The lowest BCUT2D eigenvalue weighted by Crippen LogP contribution is -2.39. The van der Waals surface area contributed by atoms with Gasteiger partial charge in [-0.3, -0.25) is 4.79 Å². The zero-order valence-electron chi connectivity index (χ0n) is 19.5. The molecule has 6 heteroatoms. The number of methoxy groups -OCH3 is 2. The van der Waals surface area contributed by atoms with Gasteiger partial charge in [0.05, 0.1) is 14.2 Å². The number of aryl methyl sites for hydroxylation is 1. The van der Waals surface area contributed by atoms with Gasteiger partial charge in [-0.1, -0.05) is 11.6 Å². The maximum absolute atomic E-state index is 13.0. The SMILES string of the molecule is COc1ccc2c(c1OC)CCN(CCCN(C)CCc1c[nH]c3ccc(C)cc13)C2=O. The molecule has 1 aliphatic rings. The number of H-pyrrole nitrogens is 1. The van der Waals surface area contributed by atoms with Crippen molar-refractivity contribution in [3.8, 4) is 11.5 Å². The van der Waals surface area contributed by atoms with E-state index in [2.05, 4.69) is 48.3 Å². The summed E-state index contributed by atoms with van der Waals surface area (Å²) >= 11 is 0. The van der Waals surface area contributed by atoms with Crippen molar-refractivity contribution in [2.24, 2.45) is 0 Å². The van der Waals surface area contributed by atoms with Crippen LogP contribution in [0.25, 0.3) is 10.9 Å². The lowest BCUT2D eigenvalue weighted by Gasteiger charge is -2.30. The molecule has 1 amide bonds. The van der Waals surface area contributed by atoms with Crippen LogP contribution in [0.5, 0.6) is 11.5 Å². The van der Waals surface area contributed by atoms with Crippen LogP contribution in [0.15, 0.2) is 36.5 Å². The molecule has 2 heterocycles. The molecule has 1 aliphatic heterocycles. The zero-order valence-corrected chi connectivity index (χ0v) is 19.5. The van der Waals surface area contributed by atoms with Crippen LogP contribution in [0.4, 0.5) is 0 Å². The first kappa shape index (κ1) is 22.2. The Kier molecular flexibility index (Phi) is 6.70. The van der Waals surface area contributed by atoms with Gasteiger partial charge < -0.3 is 24.3 Å². The topological polar surface area (TPSA) is 57.8 Å². The minimum absolute atomic E-state index is 0.0871. The highest BCUT2D eigenvalue weighted by Gasteiger charge is 2.28. The lowest BCUT2D eigenvalue weighted by atomic mass is 9.97. The van der Waals surface area contributed by atoms with Crippen molar-refractivity contribution < 1.29 is 14.3 Å². The lowest BCUT2D eigenvalue weighted by molar-refractivity contribution is 0.0731. The van der Waals surface area contributed by atoms with Crippen LogP contribution in [-0.4, -0.2) is 68.1 Å². The van der Waals surface area contributed by atoms with Gasteiger partial charge in [-0.2, -0.15) is 0 Å². The first-order valence-electron chi connectivity index (χ1n) is 11.3. The van der Waals surface area contributed by atoms with Crippen molar-refractivity contribution in [2.45, 2.75) is 26.2 Å². The van der Waals surface area contributed by atoms with Crippen molar-refractivity contribution in [2.75, 3.05) is 47.4 Å². The second kappa shape index (κ2) is 9.65. The monoisotopic (exact) mass is 435 g/mol. The maximum atomic E-state index is 13.0. The second-order valence-corrected chi connectivity index (χ2v) is 8.64. The molecule has 0 saturated carbocycles.